The molecular weight excluding hydrogens is 247 g/mol. The van der Waals surface area contributed by atoms with Crippen LogP contribution in [-0.2, 0) is 6.42 Å². The Hall–Kier alpha value is -0.870. The molecule has 0 aliphatic rings. The minimum Gasteiger partial charge on any atom is -0.411 e. The van der Waals surface area contributed by atoms with E-state index in [2.05, 4.69) is 5.16 Å². The fourth-order valence-electron chi connectivity index (χ4n) is 1.02. The molecule has 1 aromatic rings. The molecule has 0 aliphatic heterocycles. The molecule has 0 unspecified atom stereocenters. The fourth-order valence-corrected chi connectivity index (χ4v) is 1.49. The zero-order chi connectivity index (χ0) is 11.4. The van der Waals surface area contributed by atoms with Gasteiger partial charge in [-0.1, -0.05) is 34.4 Å². The average Bonchev–Trinajstić information content (AvgIpc) is 2.16. The normalized spacial score (nSPS) is 12.2. The quantitative estimate of drug-likeness (QED) is 0.498. The van der Waals surface area contributed by atoms with Gasteiger partial charge in [0, 0.05) is 16.5 Å². The van der Waals surface area contributed by atoms with E-state index in [1.54, 1.807) is 0 Å². The van der Waals surface area contributed by atoms with Crippen molar-refractivity contribution in [2.75, 3.05) is 0 Å². The number of hydrogen-bond acceptors (Lipinski definition) is 2. The van der Waals surface area contributed by atoms with Crippen molar-refractivity contribution in [1.29, 1.82) is 0 Å². The summed E-state index contributed by atoms with van der Waals surface area (Å²) in [4.78, 5) is 0. The molecule has 1 aromatic carbocycles. The Labute approximate surface area is 95.1 Å². The van der Waals surface area contributed by atoms with Crippen molar-refractivity contribution < 1.29 is 14.0 Å². The predicted octanol–water partition coefficient (Wildman–Crippen LogP) is 3.63. The highest BCUT2D eigenvalue weighted by atomic mass is 35.5. The van der Waals surface area contributed by atoms with Crippen LogP contribution in [-0.4, -0.2) is 17.3 Å². The number of nitrogens with zero attached hydrogens (tertiary/aromatic N) is 1. The minimum absolute atomic E-state index is 0.204. The van der Waals surface area contributed by atoms with E-state index in [9.17, 15) is 8.78 Å². The fraction of sp³-hybridized carbons (Fsp3) is 0.222. The van der Waals surface area contributed by atoms with Crippen molar-refractivity contribution in [1.82, 2.24) is 0 Å². The Morgan fingerprint density at radius 1 is 1.40 bits per heavy atom. The summed E-state index contributed by atoms with van der Waals surface area (Å²) < 4.78 is 24.5. The molecule has 1 rings (SSSR count). The van der Waals surface area contributed by atoms with Gasteiger partial charge in [-0.15, -0.1) is 0 Å². The van der Waals surface area contributed by atoms with Crippen molar-refractivity contribution in [3.05, 3.63) is 33.8 Å². The molecule has 0 saturated carbocycles. The molecule has 0 aliphatic carbocycles. The van der Waals surface area contributed by atoms with Crippen LogP contribution in [0.4, 0.5) is 8.78 Å². The highest BCUT2D eigenvalue weighted by molar-refractivity contribution is 6.35. The lowest BCUT2D eigenvalue weighted by atomic mass is 10.1. The Morgan fingerprint density at radius 2 is 2.07 bits per heavy atom. The molecule has 0 amide bonds. The van der Waals surface area contributed by atoms with Crippen molar-refractivity contribution >= 4 is 28.9 Å². The third-order valence-corrected chi connectivity index (χ3v) is 2.35. The van der Waals surface area contributed by atoms with E-state index >= 15 is 0 Å². The molecule has 15 heavy (non-hydrogen) atoms. The molecule has 0 spiro atoms. The van der Waals surface area contributed by atoms with Crippen LogP contribution in [0.3, 0.4) is 0 Å². The highest BCUT2D eigenvalue weighted by Crippen LogP contribution is 2.22. The molecule has 0 atom stereocenters. The molecule has 0 radical (unpaired) electrons. The molecule has 82 valence electrons. The van der Waals surface area contributed by atoms with Crippen LogP contribution in [0, 0.1) is 0 Å². The van der Waals surface area contributed by atoms with Crippen LogP contribution in [0.1, 0.15) is 5.56 Å². The summed E-state index contributed by atoms with van der Waals surface area (Å²) in [6, 6.07) is 4.49. The van der Waals surface area contributed by atoms with Gasteiger partial charge in [0.05, 0.1) is 0 Å². The second-order valence-corrected chi connectivity index (χ2v) is 3.65. The molecular formula is C9H7Cl2F2NO. The van der Waals surface area contributed by atoms with E-state index in [1.807, 2.05) is 0 Å². The van der Waals surface area contributed by atoms with Crippen LogP contribution < -0.4 is 0 Å². The Morgan fingerprint density at radius 3 is 2.53 bits per heavy atom. The third-order valence-electron chi connectivity index (χ3n) is 1.77. The van der Waals surface area contributed by atoms with Gasteiger partial charge in [0.15, 0.2) is 0 Å². The van der Waals surface area contributed by atoms with E-state index < -0.39 is 12.1 Å². The van der Waals surface area contributed by atoms with Crippen molar-refractivity contribution in [3.63, 3.8) is 0 Å². The van der Waals surface area contributed by atoms with Crippen LogP contribution in [0.25, 0.3) is 0 Å². The number of rotatable bonds is 3. The van der Waals surface area contributed by atoms with E-state index in [-0.39, 0.29) is 11.4 Å². The molecule has 0 fully saturated rings. The van der Waals surface area contributed by atoms with Gasteiger partial charge in [-0.05, 0) is 17.7 Å². The summed E-state index contributed by atoms with van der Waals surface area (Å²) in [7, 11) is 0. The zero-order valence-electron chi connectivity index (χ0n) is 7.42. The summed E-state index contributed by atoms with van der Waals surface area (Å²) >= 11 is 11.4. The van der Waals surface area contributed by atoms with Crippen molar-refractivity contribution in [3.8, 4) is 0 Å². The summed E-state index contributed by atoms with van der Waals surface area (Å²) in [6.45, 7) is 0. The largest absolute Gasteiger partial charge is 0.411 e. The SMILES string of the molecule is ON=C(Cc1ccc(Cl)cc1Cl)C(F)F. The third kappa shape index (κ3) is 3.32. The zero-order valence-corrected chi connectivity index (χ0v) is 8.93. The van der Waals surface area contributed by atoms with Gasteiger partial charge in [0.1, 0.15) is 5.71 Å². The standard InChI is InChI=1S/C9H7Cl2F2NO/c10-6-2-1-5(7(11)4-6)3-8(14-15)9(12)13/h1-2,4,9,15H,3H2. The van der Waals surface area contributed by atoms with E-state index in [1.165, 1.54) is 18.2 Å². The number of hydrogen-bond donors (Lipinski definition) is 1. The van der Waals surface area contributed by atoms with Gasteiger partial charge >= 0.3 is 0 Å². The summed E-state index contributed by atoms with van der Waals surface area (Å²) in [5.41, 5.74) is -0.187. The van der Waals surface area contributed by atoms with Gasteiger partial charge in [0.2, 0.25) is 0 Å². The minimum atomic E-state index is -2.80. The molecule has 2 nitrogen and oxygen atoms in total. The Balaban J connectivity index is 2.89. The lowest BCUT2D eigenvalue weighted by Gasteiger charge is -2.05. The molecule has 1 N–H and O–H groups in total. The first-order valence-corrected chi connectivity index (χ1v) is 4.73. The first-order chi connectivity index (χ1) is 7.04. The van der Waals surface area contributed by atoms with Crippen LogP contribution in [0.2, 0.25) is 10.0 Å². The predicted molar refractivity (Wildman–Crippen MR) is 55.4 cm³/mol. The summed E-state index contributed by atoms with van der Waals surface area (Å²) in [5, 5.41) is 11.6. The molecule has 0 saturated heterocycles. The Kier molecular flexibility index (Phi) is 4.29. The smallest absolute Gasteiger partial charge is 0.280 e. The monoisotopic (exact) mass is 253 g/mol. The molecule has 0 bridgehead atoms. The van der Waals surface area contributed by atoms with E-state index in [0.29, 0.717) is 10.6 Å². The Bertz CT molecular complexity index is 382. The van der Waals surface area contributed by atoms with E-state index in [4.69, 9.17) is 28.4 Å². The first kappa shape index (κ1) is 12.2. The van der Waals surface area contributed by atoms with Crippen LogP contribution in [0.5, 0.6) is 0 Å². The maximum atomic E-state index is 12.2. The first-order valence-electron chi connectivity index (χ1n) is 3.97. The van der Waals surface area contributed by atoms with Gasteiger partial charge < -0.3 is 5.21 Å². The van der Waals surface area contributed by atoms with E-state index in [0.717, 1.165) is 0 Å². The van der Waals surface area contributed by atoms with Gasteiger partial charge in [0.25, 0.3) is 6.43 Å². The molecule has 0 heterocycles. The lowest BCUT2D eigenvalue weighted by Crippen LogP contribution is -2.13. The topological polar surface area (TPSA) is 32.6 Å². The number of benzene rings is 1. The maximum Gasteiger partial charge on any atom is 0.280 e. The van der Waals surface area contributed by atoms with Crippen LogP contribution >= 0.6 is 23.2 Å². The highest BCUT2D eigenvalue weighted by Gasteiger charge is 2.15. The summed E-state index contributed by atoms with van der Waals surface area (Å²) in [6.07, 6.45) is -3.01. The van der Waals surface area contributed by atoms with Crippen LogP contribution in [0.15, 0.2) is 23.4 Å². The van der Waals surface area contributed by atoms with Gasteiger partial charge in [-0.2, -0.15) is 0 Å². The second-order valence-electron chi connectivity index (χ2n) is 2.80. The van der Waals surface area contributed by atoms with Crippen molar-refractivity contribution in [2.24, 2.45) is 5.16 Å². The lowest BCUT2D eigenvalue weighted by molar-refractivity contribution is 0.212. The average molecular weight is 254 g/mol. The second kappa shape index (κ2) is 5.28. The maximum absolute atomic E-state index is 12.2. The van der Waals surface area contributed by atoms with Gasteiger partial charge in [-0.25, -0.2) is 8.78 Å². The molecule has 0 aromatic heterocycles. The number of halogens is 4. The number of oxime groups is 1. The molecule has 6 heteroatoms. The van der Waals surface area contributed by atoms with Crippen molar-refractivity contribution in [2.45, 2.75) is 12.8 Å². The van der Waals surface area contributed by atoms with Gasteiger partial charge in [-0.3, -0.25) is 0 Å². The summed E-state index contributed by atoms with van der Waals surface area (Å²) in [5.74, 6) is 0. The number of alkyl halides is 2.